The third-order valence-electron chi connectivity index (χ3n) is 3.70. The van der Waals surface area contributed by atoms with Gasteiger partial charge in [0.1, 0.15) is 0 Å². The minimum Gasteiger partial charge on any atom is -0.388 e. The van der Waals surface area contributed by atoms with E-state index in [9.17, 15) is 5.11 Å². The molecule has 1 atom stereocenters. The first-order valence-electron chi connectivity index (χ1n) is 6.62. The maximum atomic E-state index is 9.97. The van der Waals surface area contributed by atoms with Crippen LogP contribution in [0.1, 0.15) is 41.2 Å². The van der Waals surface area contributed by atoms with Gasteiger partial charge in [-0.25, -0.2) is 0 Å². The van der Waals surface area contributed by atoms with Gasteiger partial charge >= 0.3 is 0 Å². The Labute approximate surface area is 112 Å². The summed E-state index contributed by atoms with van der Waals surface area (Å²) in [7, 11) is 0. The van der Waals surface area contributed by atoms with Crippen LogP contribution in [0.3, 0.4) is 0 Å². The lowest BCUT2D eigenvalue weighted by atomic mass is 9.93. The predicted octanol–water partition coefficient (Wildman–Crippen LogP) is 2.78. The van der Waals surface area contributed by atoms with Gasteiger partial charge in [-0.2, -0.15) is 5.26 Å². The standard InChI is InChI=1S/C16H16N2O/c17-8-12-3-1-4-13(7-12)9-18-10-14-5-2-6-16(19)15(14)11-18/h1,3-4,7,10-11,16,19H,2,5-6,9H2. The van der Waals surface area contributed by atoms with Gasteiger partial charge in [-0.15, -0.1) is 0 Å². The van der Waals surface area contributed by atoms with E-state index < -0.39 is 0 Å². The Bertz CT molecular complexity index is 636. The molecular weight excluding hydrogens is 236 g/mol. The fourth-order valence-corrected chi connectivity index (χ4v) is 2.77. The SMILES string of the molecule is N#Cc1cccc(Cn2cc3c(c2)C(O)CCC3)c1. The molecule has 0 aliphatic heterocycles. The number of hydrogen-bond donors (Lipinski definition) is 1. The number of benzene rings is 1. The van der Waals surface area contributed by atoms with Crippen LogP contribution in [0.25, 0.3) is 0 Å². The second kappa shape index (κ2) is 4.91. The van der Waals surface area contributed by atoms with E-state index in [-0.39, 0.29) is 6.10 Å². The summed E-state index contributed by atoms with van der Waals surface area (Å²) in [5.41, 5.74) is 4.13. The highest BCUT2D eigenvalue weighted by Gasteiger charge is 2.19. The summed E-state index contributed by atoms with van der Waals surface area (Å²) >= 11 is 0. The normalized spacial score (nSPS) is 17.8. The number of aromatic nitrogens is 1. The van der Waals surface area contributed by atoms with Crippen LogP contribution in [0, 0.1) is 11.3 Å². The quantitative estimate of drug-likeness (QED) is 0.893. The van der Waals surface area contributed by atoms with E-state index in [2.05, 4.69) is 16.8 Å². The van der Waals surface area contributed by atoms with Gasteiger partial charge in [0.15, 0.2) is 0 Å². The van der Waals surface area contributed by atoms with E-state index in [1.54, 1.807) is 0 Å². The summed E-state index contributed by atoms with van der Waals surface area (Å²) < 4.78 is 2.11. The van der Waals surface area contributed by atoms with Crippen LogP contribution in [0.5, 0.6) is 0 Å². The van der Waals surface area contributed by atoms with Crippen molar-refractivity contribution < 1.29 is 5.11 Å². The number of fused-ring (bicyclic) bond motifs is 1. The summed E-state index contributed by atoms with van der Waals surface area (Å²) in [6, 6.07) is 9.82. The Hall–Kier alpha value is -2.05. The van der Waals surface area contributed by atoms with Crippen LogP contribution in [0.4, 0.5) is 0 Å². The molecule has 1 aromatic carbocycles. The third-order valence-corrected chi connectivity index (χ3v) is 3.70. The van der Waals surface area contributed by atoms with Crippen LogP contribution in [-0.4, -0.2) is 9.67 Å². The molecule has 0 fully saturated rings. The Morgan fingerprint density at radius 2 is 2.26 bits per heavy atom. The summed E-state index contributed by atoms with van der Waals surface area (Å²) in [4.78, 5) is 0. The molecule has 1 aliphatic rings. The van der Waals surface area contributed by atoms with Crippen molar-refractivity contribution in [3.63, 3.8) is 0 Å². The number of aliphatic hydroxyl groups excluding tert-OH is 1. The second-order valence-electron chi connectivity index (χ2n) is 5.13. The van der Waals surface area contributed by atoms with E-state index in [4.69, 9.17) is 5.26 Å². The highest BCUT2D eigenvalue weighted by atomic mass is 16.3. The molecule has 0 radical (unpaired) electrons. The summed E-state index contributed by atoms with van der Waals surface area (Å²) in [6.07, 6.45) is 6.82. The molecular formula is C16H16N2O. The molecule has 0 amide bonds. The van der Waals surface area contributed by atoms with Gasteiger partial charge in [-0.3, -0.25) is 0 Å². The Morgan fingerprint density at radius 3 is 3.05 bits per heavy atom. The highest BCUT2D eigenvalue weighted by Crippen LogP contribution is 2.30. The molecule has 0 bridgehead atoms. The molecule has 0 saturated carbocycles. The minimum atomic E-state index is -0.310. The van der Waals surface area contributed by atoms with Gasteiger partial charge in [0.05, 0.1) is 17.7 Å². The zero-order valence-corrected chi connectivity index (χ0v) is 10.7. The lowest BCUT2D eigenvalue weighted by Gasteiger charge is -2.16. The molecule has 3 rings (SSSR count). The third kappa shape index (κ3) is 2.40. The topological polar surface area (TPSA) is 49.0 Å². The molecule has 19 heavy (non-hydrogen) atoms. The van der Waals surface area contributed by atoms with Crippen LogP contribution in [0.2, 0.25) is 0 Å². The Kier molecular flexibility index (Phi) is 3.10. The van der Waals surface area contributed by atoms with Crippen LogP contribution in [0.15, 0.2) is 36.7 Å². The molecule has 3 heteroatoms. The predicted molar refractivity (Wildman–Crippen MR) is 72.6 cm³/mol. The number of nitriles is 1. The van der Waals surface area contributed by atoms with Gasteiger partial charge in [0.25, 0.3) is 0 Å². The van der Waals surface area contributed by atoms with Crippen molar-refractivity contribution in [1.29, 1.82) is 5.26 Å². The number of hydrogen-bond acceptors (Lipinski definition) is 2. The molecule has 3 nitrogen and oxygen atoms in total. The zero-order valence-electron chi connectivity index (χ0n) is 10.7. The van der Waals surface area contributed by atoms with Crippen molar-refractivity contribution in [3.05, 3.63) is 58.9 Å². The van der Waals surface area contributed by atoms with Crippen molar-refractivity contribution >= 4 is 0 Å². The molecule has 0 spiro atoms. The van der Waals surface area contributed by atoms with E-state index in [0.717, 1.165) is 36.9 Å². The fourth-order valence-electron chi connectivity index (χ4n) is 2.77. The molecule has 0 saturated heterocycles. The monoisotopic (exact) mass is 252 g/mol. The summed E-state index contributed by atoms with van der Waals surface area (Å²) in [5, 5.41) is 18.9. The van der Waals surface area contributed by atoms with Crippen LogP contribution < -0.4 is 0 Å². The van der Waals surface area contributed by atoms with Gasteiger partial charge in [-0.05, 0) is 42.5 Å². The van der Waals surface area contributed by atoms with Gasteiger partial charge in [0.2, 0.25) is 0 Å². The van der Waals surface area contributed by atoms with E-state index in [0.29, 0.717) is 5.56 Å². The average molecular weight is 252 g/mol. The van der Waals surface area contributed by atoms with Crippen molar-refractivity contribution in [2.75, 3.05) is 0 Å². The smallest absolute Gasteiger partial charge is 0.0991 e. The van der Waals surface area contributed by atoms with E-state index >= 15 is 0 Å². The summed E-state index contributed by atoms with van der Waals surface area (Å²) in [5.74, 6) is 0. The van der Waals surface area contributed by atoms with Crippen molar-refractivity contribution in [2.24, 2.45) is 0 Å². The Balaban J connectivity index is 1.86. The number of aryl methyl sites for hydroxylation is 1. The number of rotatable bonds is 2. The highest BCUT2D eigenvalue weighted by molar-refractivity contribution is 5.34. The second-order valence-corrected chi connectivity index (χ2v) is 5.13. The lowest BCUT2D eigenvalue weighted by molar-refractivity contribution is 0.157. The summed E-state index contributed by atoms with van der Waals surface area (Å²) in [6.45, 7) is 0.745. The average Bonchev–Trinajstić information content (AvgIpc) is 2.83. The first-order chi connectivity index (χ1) is 9.26. The maximum Gasteiger partial charge on any atom is 0.0991 e. The van der Waals surface area contributed by atoms with Crippen molar-refractivity contribution in [3.8, 4) is 6.07 Å². The molecule has 96 valence electrons. The molecule has 1 unspecified atom stereocenters. The molecule has 2 aromatic rings. The van der Waals surface area contributed by atoms with E-state index in [1.165, 1.54) is 5.56 Å². The first-order valence-corrected chi connectivity index (χ1v) is 6.62. The lowest BCUT2D eigenvalue weighted by Crippen LogP contribution is -2.05. The molecule has 1 heterocycles. The maximum absolute atomic E-state index is 9.97. The van der Waals surface area contributed by atoms with Gasteiger partial charge in [-0.1, -0.05) is 12.1 Å². The van der Waals surface area contributed by atoms with Gasteiger partial charge < -0.3 is 9.67 Å². The zero-order chi connectivity index (χ0) is 13.2. The molecule has 1 aliphatic carbocycles. The molecule has 1 N–H and O–H groups in total. The van der Waals surface area contributed by atoms with Crippen molar-refractivity contribution in [1.82, 2.24) is 4.57 Å². The Morgan fingerprint density at radius 1 is 1.37 bits per heavy atom. The minimum absolute atomic E-state index is 0.310. The largest absolute Gasteiger partial charge is 0.388 e. The van der Waals surface area contributed by atoms with Crippen LogP contribution >= 0.6 is 0 Å². The number of aliphatic hydroxyl groups is 1. The van der Waals surface area contributed by atoms with Crippen LogP contribution in [-0.2, 0) is 13.0 Å². The fraction of sp³-hybridized carbons (Fsp3) is 0.312. The van der Waals surface area contributed by atoms with Gasteiger partial charge in [0, 0.05) is 24.5 Å². The first kappa shape index (κ1) is 12.0. The van der Waals surface area contributed by atoms with Crippen molar-refractivity contribution in [2.45, 2.75) is 31.9 Å². The number of nitrogens with zero attached hydrogens (tertiary/aromatic N) is 2. The van der Waals surface area contributed by atoms with E-state index in [1.807, 2.05) is 30.5 Å². The molecule has 1 aromatic heterocycles.